The summed E-state index contributed by atoms with van der Waals surface area (Å²) in [6.07, 6.45) is 3.77. The number of hydrogen-bond donors (Lipinski definition) is 3. The molecule has 0 aliphatic heterocycles. The molecule has 1 unspecified atom stereocenters. The third-order valence-electron chi connectivity index (χ3n) is 6.01. The molecule has 2 saturated carbocycles. The minimum Gasteiger partial charge on any atom is -0.379 e. The molecule has 0 aromatic carbocycles. The molecule has 3 aromatic heterocycles. The monoisotopic (exact) mass is 441 g/mol. The summed E-state index contributed by atoms with van der Waals surface area (Å²) < 4.78 is 21.6. The summed E-state index contributed by atoms with van der Waals surface area (Å²) in [5.41, 5.74) is 0.742. The highest BCUT2D eigenvalue weighted by Gasteiger charge is 2.39. The van der Waals surface area contributed by atoms with Gasteiger partial charge < -0.3 is 25.3 Å². The molecule has 10 nitrogen and oxygen atoms in total. The second-order valence-corrected chi connectivity index (χ2v) is 8.14. The third kappa shape index (κ3) is 3.58. The predicted molar refractivity (Wildman–Crippen MR) is 116 cm³/mol. The molecule has 3 heterocycles. The molecule has 2 atom stereocenters. The number of pyridine rings is 1. The Bertz CT molecular complexity index is 1230. The van der Waals surface area contributed by atoms with E-state index in [1.807, 2.05) is 0 Å². The Morgan fingerprint density at radius 2 is 2.12 bits per heavy atom. The number of nitrogens with one attached hydrogen (secondary N) is 3. The zero-order valence-corrected chi connectivity index (χ0v) is 17.7. The Labute approximate surface area is 182 Å². The summed E-state index contributed by atoms with van der Waals surface area (Å²) >= 11 is 0. The number of nitrogens with zero attached hydrogens (tertiary/aromatic N) is 4. The van der Waals surface area contributed by atoms with Gasteiger partial charge in [-0.25, -0.2) is 9.37 Å². The van der Waals surface area contributed by atoms with Crippen LogP contribution >= 0.6 is 0 Å². The molecule has 0 radical (unpaired) electrons. The molecule has 3 N–H and O–H groups in total. The average molecular weight is 441 g/mol. The highest BCUT2D eigenvalue weighted by molar-refractivity contribution is 6.00. The van der Waals surface area contributed by atoms with E-state index < -0.39 is 6.17 Å². The van der Waals surface area contributed by atoms with Crippen LogP contribution in [0.2, 0.25) is 0 Å². The number of carbonyl (C=O) groups excluding carboxylic acids is 1. The summed E-state index contributed by atoms with van der Waals surface area (Å²) in [5.74, 6) is 0.682. The van der Waals surface area contributed by atoms with Crippen LogP contribution in [-0.4, -0.2) is 57.5 Å². The Kier molecular flexibility index (Phi) is 5.04. The van der Waals surface area contributed by atoms with Gasteiger partial charge in [-0.1, -0.05) is 0 Å². The van der Waals surface area contributed by atoms with Gasteiger partial charge >= 0.3 is 0 Å². The van der Waals surface area contributed by atoms with Crippen molar-refractivity contribution in [1.29, 1.82) is 0 Å². The van der Waals surface area contributed by atoms with Crippen molar-refractivity contribution in [2.24, 2.45) is 0 Å². The van der Waals surface area contributed by atoms with E-state index in [0.717, 1.165) is 6.42 Å². The van der Waals surface area contributed by atoms with Crippen LogP contribution in [0.4, 0.5) is 21.7 Å². The van der Waals surface area contributed by atoms with Crippen LogP contribution in [0.15, 0.2) is 35.4 Å². The number of anilines is 3. The Morgan fingerprint density at radius 1 is 1.31 bits per heavy atom. The molecule has 11 heteroatoms. The molecular formula is C21H24FN7O3. The largest absolute Gasteiger partial charge is 0.379 e. The number of ether oxygens (including phenoxy) is 1. The maximum Gasteiger partial charge on any atom is 0.274 e. The smallest absolute Gasteiger partial charge is 0.274 e. The van der Waals surface area contributed by atoms with Gasteiger partial charge in [-0.05, 0) is 31.4 Å². The van der Waals surface area contributed by atoms with Crippen molar-refractivity contribution in [2.45, 2.75) is 43.6 Å². The van der Waals surface area contributed by atoms with Crippen LogP contribution in [0.25, 0.3) is 5.65 Å². The molecule has 2 aliphatic carbocycles. The van der Waals surface area contributed by atoms with Gasteiger partial charge in [-0.3, -0.25) is 9.59 Å². The minimum atomic E-state index is -0.855. The fourth-order valence-electron chi connectivity index (χ4n) is 3.97. The van der Waals surface area contributed by atoms with Gasteiger partial charge in [0.05, 0.1) is 18.3 Å². The number of rotatable bonds is 7. The molecule has 0 spiro atoms. The first-order valence-corrected chi connectivity index (χ1v) is 10.5. The highest BCUT2D eigenvalue weighted by Crippen LogP contribution is 2.33. The van der Waals surface area contributed by atoms with Crippen molar-refractivity contribution in [1.82, 2.24) is 24.5 Å². The first-order valence-electron chi connectivity index (χ1n) is 10.5. The number of alkyl halides is 1. The standard InChI is InChI=1S/C21H24FN7O3/c1-23-18-9-17(25-14-4-3-5-28(21(14)31)12-6-11(22)7-12)27-19-13(10-24-29(18)19)20(30)26-15-8-16(15)32-2/h3-5,9-12,15-16,23H,6-8H2,1-2H3,(H,25,27)(H,26,30)/t11?,12?,15?,16-/m1/s1. The number of hydrogen-bond acceptors (Lipinski definition) is 7. The molecule has 168 valence electrons. The van der Waals surface area contributed by atoms with Gasteiger partial charge in [0.1, 0.15) is 29.1 Å². The van der Waals surface area contributed by atoms with Gasteiger partial charge in [0, 0.05) is 32.5 Å². The average Bonchev–Trinajstić information content (AvgIpc) is 3.37. The van der Waals surface area contributed by atoms with E-state index >= 15 is 0 Å². The quantitative estimate of drug-likeness (QED) is 0.513. The van der Waals surface area contributed by atoms with Crippen molar-refractivity contribution in [3.05, 3.63) is 46.5 Å². The van der Waals surface area contributed by atoms with Crippen molar-refractivity contribution >= 4 is 28.9 Å². The molecule has 0 bridgehead atoms. The Hall–Kier alpha value is -3.47. The van der Waals surface area contributed by atoms with Crippen LogP contribution in [-0.2, 0) is 4.74 Å². The Balaban J connectivity index is 1.45. The molecule has 5 rings (SSSR count). The number of halogens is 1. The van der Waals surface area contributed by atoms with Gasteiger partial charge in [-0.2, -0.15) is 9.61 Å². The van der Waals surface area contributed by atoms with E-state index in [9.17, 15) is 14.0 Å². The lowest BCUT2D eigenvalue weighted by Crippen LogP contribution is -2.35. The van der Waals surface area contributed by atoms with E-state index in [-0.39, 0.29) is 29.7 Å². The fraction of sp³-hybridized carbons (Fsp3) is 0.429. The van der Waals surface area contributed by atoms with E-state index in [0.29, 0.717) is 41.4 Å². The van der Waals surface area contributed by atoms with Crippen molar-refractivity contribution in [3.63, 3.8) is 0 Å². The maximum atomic E-state index is 13.3. The van der Waals surface area contributed by atoms with Crippen LogP contribution in [0.1, 0.15) is 35.7 Å². The molecule has 2 fully saturated rings. The SMILES string of the molecule is CNc1cc(Nc2cccn(C3CC(F)C3)c2=O)nc2c(C(=O)NC3C[C@H]3OC)cnn12. The van der Waals surface area contributed by atoms with E-state index in [4.69, 9.17) is 4.74 Å². The van der Waals surface area contributed by atoms with Gasteiger partial charge in [0.15, 0.2) is 5.65 Å². The van der Waals surface area contributed by atoms with Crippen LogP contribution < -0.4 is 21.5 Å². The summed E-state index contributed by atoms with van der Waals surface area (Å²) in [6.45, 7) is 0. The second kappa shape index (κ2) is 7.90. The lowest BCUT2D eigenvalue weighted by atomic mass is 9.90. The molecular weight excluding hydrogens is 417 g/mol. The topological polar surface area (TPSA) is 115 Å². The van der Waals surface area contributed by atoms with Crippen LogP contribution in [0, 0.1) is 0 Å². The van der Waals surface area contributed by atoms with E-state index in [1.165, 1.54) is 10.7 Å². The number of aromatic nitrogens is 4. The van der Waals surface area contributed by atoms with Crippen molar-refractivity contribution in [2.75, 3.05) is 24.8 Å². The van der Waals surface area contributed by atoms with E-state index in [2.05, 4.69) is 26.0 Å². The molecule has 0 saturated heterocycles. The lowest BCUT2D eigenvalue weighted by molar-refractivity contribution is 0.0936. The molecule has 1 amide bonds. The molecule has 2 aliphatic rings. The van der Waals surface area contributed by atoms with Gasteiger partial charge in [0.25, 0.3) is 11.5 Å². The number of carbonyl (C=O) groups is 1. The van der Waals surface area contributed by atoms with Crippen molar-refractivity contribution in [3.8, 4) is 0 Å². The summed E-state index contributed by atoms with van der Waals surface area (Å²) in [7, 11) is 3.34. The van der Waals surface area contributed by atoms with Gasteiger partial charge in [-0.15, -0.1) is 0 Å². The number of amides is 1. The minimum absolute atomic E-state index is 0.0225. The first kappa shape index (κ1) is 20.4. The zero-order chi connectivity index (χ0) is 22.4. The second-order valence-electron chi connectivity index (χ2n) is 8.14. The van der Waals surface area contributed by atoms with Crippen LogP contribution in [0.3, 0.4) is 0 Å². The predicted octanol–water partition coefficient (Wildman–Crippen LogP) is 1.87. The lowest BCUT2D eigenvalue weighted by Gasteiger charge is -2.31. The third-order valence-corrected chi connectivity index (χ3v) is 6.01. The normalized spacial score (nSPS) is 24.1. The molecule has 32 heavy (non-hydrogen) atoms. The number of fused-ring (bicyclic) bond motifs is 1. The summed E-state index contributed by atoms with van der Waals surface area (Å²) in [4.78, 5) is 30.2. The zero-order valence-electron chi connectivity index (χ0n) is 17.7. The van der Waals surface area contributed by atoms with Crippen LogP contribution in [0.5, 0.6) is 0 Å². The summed E-state index contributed by atoms with van der Waals surface area (Å²) in [5, 5.41) is 13.3. The Morgan fingerprint density at radius 3 is 2.81 bits per heavy atom. The maximum absolute atomic E-state index is 13.3. The van der Waals surface area contributed by atoms with E-state index in [1.54, 1.807) is 43.1 Å². The highest BCUT2D eigenvalue weighted by atomic mass is 19.1. The molecule has 3 aromatic rings. The van der Waals surface area contributed by atoms with Gasteiger partial charge in [0.2, 0.25) is 0 Å². The summed E-state index contributed by atoms with van der Waals surface area (Å²) in [6, 6.07) is 4.93. The van der Waals surface area contributed by atoms with Crippen molar-refractivity contribution < 1.29 is 13.9 Å². The fourth-order valence-corrected chi connectivity index (χ4v) is 3.97. The number of methoxy groups -OCH3 is 1. The first-order chi connectivity index (χ1) is 15.5.